The molecule has 0 amide bonds. The van der Waals surface area contributed by atoms with Gasteiger partial charge < -0.3 is 15.1 Å². The molecule has 2 aromatic heterocycles. The quantitative estimate of drug-likeness (QED) is 0.0608. The molecule has 1 N–H and O–H groups in total. The van der Waals surface area contributed by atoms with Crippen molar-refractivity contribution in [3.8, 4) is 22.5 Å². The number of allylic oxidation sites excluding steroid dienone is 2. The molecule has 7 heteroatoms. The summed E-state index contributed by atoms with van der Waals surface area (Å²) in [7, 11) is -2.59. The summed E-state index contributed by atoms with van der Waals surface area (Å²) in [5.41, 5.74) is 8.82. The van der Waals surface area contributed by atoms with E-state index in [9.17, 15) is 9.90 Å². The maximum atomic E-state index is 11.9. The number of aromatic nitrogens is 2. The standard InChI is InChI=1S/2C20H22NSi.C14H26O2.Ir/c2*1-14-10-15(2)12-17(11-14)20-19-7-6-18(22(3,4)5)13-16(19)8-9-21-20;1-6-11(7-2)12(15)10-13(16)14(5,8-3)9-4;/h2*6-11,13H,1-5H3;10-11,16H,6-9H2,1-5H3;/q2*-1;;/b;;13-10-;. The van der Waals surface area contributed by atoms with Crippen LogP contribution in [0.5, 0.6) is 0 Å². The third-order valence-electron chi connectivity index (χ3n) is 11.9. The molecule has 0 aliphatic rings. The number of hydrogen-bond donors (Lipinski definition) is 1. The van der Waals surface area contributed by atoms with E-state index in [2.05, 4.69) is 162 Å². The van der Waals surface area contributed by atoms with Crippen molar-refractivity contribution >= 4 is 53.8 Å². The maximum absolute atomic E-state index is 11.9. The molecule has 4 nitrogen and oxygen atoms in total. The Morgan fingerprint density at radius 2 is 1.05 bits per heavy atom. The molecule has 0 bridgehead atoms. The second kappa shape index (κ2) is 21.9. The number of aryl methyl sites for hydroxylation is 4. The largest absolute Gasteiger partial charge is 0.512 e. The van der Waals surface area contributed by atoms with Gasteiger partial charge in [-0.05, 0) is 70.7 Å². The molecule has 327 valence electrons. The SMILES string of the molecule is CCC(CC)C(=O)/C=C(\O)C(C)(CC)CC.Cc1[c-]c(-c2nccc3cc([Si](C)(C)C)ccc23)cc(C)c1.Cc1[c-]c(-c2nccc3cc([Si](C)(C)C)ccc23)cc(C)c1.[Ir]. The van der Waals surface area contributed by atoms with Crippen LogP contribution in [0, 0.1) is 51.2 Å². The van der Waals surface area contributed by atoms with Crippen molar-refractivity contribution in [1.82, 2.24) is 9.97 Å². The van der Waals surface area contributed by atoms with Gasteiger partial charge in [-0.1, -0.05) is 148 Å². The summed E-state index contributed by atoms with van der Waals surface area (Å²) in [5.74, 6) is 0.366. The topological polar surface area (TPSA) is 63.1 Å². The summed E-state index contributed by atoms with van der Waals surface area (Å²) in [6.07, 6.45) is 8.66. The fourth-order valence-corrected chi connectivity index (χ4v) is 9.84. The van der Waals surface area contributed by atoms with Crippen molar-refractivity contribution in [2.75, 3.05) is 0 Å². The molecule has 6 aromatic rings. The minimum Gasteiger partial charge on any atom is -0.512 e. The minimum atomic E-state index is -1.29. The van der Waals surface area contributed by atoms with E-state index in [0.29, 0.717) is 0 Å². The monoisotopic (exact) mass is 1030 g/mol. The Hall–Kier alpha value is -4.01. The zero-order valence-corrected chi connectivity index (χ0v) is 44.0. The van der Waals surface area contributed by atoms with Crippen LogP contribution < -0.4 is 10.4 Å². The molecular weight excluding hydrogens is 957 g/mol. The van der Waals surface area contributed by atoms with Crippen LogP contribution in [0.25, 0.3) is 44.1 Å². The Labute approximate surface area is 384 Å². The molecule has 2 heterocycles. The summed E-state index contributed by atoms with van der Waals surface area (Å²) in [6.45, 7) is 32.8. The van der Waals surface area contributed by atoms with Gasteiger partial charge in [0.05, 0.1) is 16.1 Å². The zero-order chi connectivity index (χ0) is 44.6. The summed E-state index contributed by atoms with van der Waals surface area (Å²) in [5, 5.41) is 18.0. The van der Waals surface area contributed by atoms with E-state index in [-0.39, 0.29) is 43.0 Å². The third-order valence-corrected chi connectivity index (χ3v) is 16.0. The van der Waals surface area contributed by atoms with Crippen LogP contribution in [0.4, 0.5) is 0 Å². The predicted octanol–water partition coefficient (Wildman–Crippen LogP) is 14.0. The molecule has 6 rings (SSSR count). The molecule has 0 saturated heterocycles. The van der Waals surface area contributed by atoms with Crippen LogP contribution >= 0.6 is 0 Å². The van der Waals surface area contributed by atoms with E-state index in [4.69, 9.17) is 0 Å². The molecule has 0 fully saturated rings. The van der Waals surface area contributed by atoms with Gasteiger partial charge in [-0.25, -0.2) is 0 Å². The number of ketones is 1. The summed E-state index contributed by atoms with van der Waals surface area (Å²) in [4.78, 5) is 21.1. The average Bonchev–Trinajstić information content (AvgIpc) is 3.19. The number of carbonyl (C=O) groups is 1. The van der Waals surface area contributed by atoms with Crippen molar-refractivity contribution in [3.05, 3.63) is 131 Å². The van der Waals surface area contributed by atoms with Crippen LogP contribution in [-0.2, 0) is 24.9 Å². The first-order chi connectivity index (χ1) is 28.1. The molecule has 0 atom stereocenters. The van der Waals surface area contributed by atoms with E-state index in [0.717, 1.165) is 59.3 Å². The van der Waals surface area contributed by atoms with E-state index in [1.165, 1.54) is 49.1 Å². The molecule has 61 heavy (non-hydrogen) atoms. The van der Waals surface area contributed by atoms with Gasteiger partial charge in [-0.15, -0.1) is 69.8 Å². The molecule has 0 unspecified atom stereocenters. The van der Waals surface area contributed by atoms with Crippen LogP contribution in [0.2, 0.25) is 39.3 Å². The minimum absolute atomic E-state index is 0. The molecule has 0 aliphatic heterocycles. The fourth-order valence-electron chi connectivity index (χ4n) is 7.49. The van der Waals surface area contributed by atoms with Gasteiger partial charge in [0.2, 0.25) is 0 Å². The van der Waals surface area contributed by atoms with Gasteiger partial charge in [0.15, 0.2) is 5.78 Å². The Morgan fingerprint density at radius 1 is 0.656 bits per heavy atom. The van der Waals surface area contributed by atoms with Crippen LogP contribution in [0.1, 0.15) is 82.6 Å². The van der Waals surface area contributed by atoms with Gasteiger partial charge in [-0.3, -0.25) is 4.79 Å². The average molecular weight is 1030 g/mol. The Bertz CT molecular complexity index is 2270. The van der Waals surface area contributed by atoms with Crippen molar-refractivity contribution in [2.24, 2.45) is 11.3 Å². The Kier molecular flexibility index (Phi) is 18.4. The Balaban J connectivity index is 0.000000246. The van der Waals surface area contributed by atoms with E-state index >= 15 is 0 Å². The molecule has 0 spiro atoms. The van der Waals surface area contributed by atoms with Crippen molar-refractivity contribution in [2.45, 2.75) is 127 Å². The smallest absolute Gasteiger partial charge is 0.162 e. The van der Waals surface area contributed by atoms with Crippen LogP contribution in [0.15, 0.2) is 97.0 Å². The summed E-state index contributed by atoms with van der Waals surface area (Å²) < 4.78 is 0. The molecule has 1 radical (unpaired) electrons. The first-order valence-electron chi connectivity index (χ1n) is 21.9. The van der Waals surface area contributed by atoms with Crippen molar-refractivity contribution in [1.29, 1.82) is 0 Å². The zero-order valence-electron chi connectivity index (χ0n) is 39.6. The van der Waals surface area contributed by atoms with Crippen molar-refractivity contribution < 1.29 is 30.0 Å². The summed E-state index contributed by atoms with van der Waals surface area (Å²) in [6, 6.07) is 33.5. The van der Waals surface area contributed by atoms with Crippen LogP contribution in [0.3, 0.4) is 0 Å². The number of rotatable bonds is 11. The summed E-state index contributed by atoms with van der Waals surface area (Å²) >= 11 is 0. The van der Waals surface area contributed by atoms with Gasteiger partial charge in [-0.2, -0.15) is 0 Å². The first kappa shape index (κ1) is 51.3. The fraction of sp³-hybridized carbons (Fsp3) is 0.389. The van der Waals surface area contributed by atoms with Gasteiger partial charge in [0, 0.05) is 49.9 Å². The molecule has 4 aromatic carbocycles. The Morgan fingerprint density at radius 3 is 1.38 bits per heavy atom. The van der Waals surface area contributed by atoms with Crippen molar-refractivity contribution in [3.63, 3.8) is 0 Å². The number of carbonyl (C=O) groups excluding carboxylic acids is 1. The third kappa shape index (κ3) is 13.5. The second-order valence-electron chi connectivity index (χ2n) is 18.9. The predicted molar refractivity (Wildman–Crippen MR) is 265 cm³/mol. The molecule has 0 saturated carbocycles. The maximum Gasteiger partial charge on any atom is 0.162 e. The molecular formula is C54H70IrN2O2Si2-2. The number of fused-ring (bicyclic) bond motifs is 2. The normalized spacial score (nSPS) is 12.0. The van der Waals surface area contributed by atoms with E-state index in [1.54, 1.807) is 0 Å². The number of aliphatic hydroxyl groups is 1. The van der Waals surface area contributed by atoms with E-state index < -0.39 is 16.1 Å². The number of hydrogen-bond acceptors (Lipinski definition) is 4. The first-order valence-corrected chi connectivity index (χ1v) is 28.9. The number of aliphatic hydroxyl groups excluding tert-OH is 1. The van der Waals surface area contributed by atoms with Gasteiger partial charge in [0.25, 0.3) is 0 Å². The molecule has 0 aliphatic carbocycles. The number of nitrogens with zero attached hydrogens (tertiary/aromatic N) is 2. The number of benzene rings is 4. The van der Waals surface area contributed by atoms with Gasteiger partial charge in [0.1, 0.15) is 5.76 Å². The van der Waals surface area contributed by atoms with Crippen LogP contribution in [-0.4, -0.2) is 37.0 Å². The second-order valence-corrected chi connectivity index (χ2v) is 29.1. The van der Waals surface area contributed by atoms with E-state index in [1.807, 2.05) is 47.0 Å². The van der Waals surface area contributed by atoms with Gasteiger partial charge >= 0.3 is 0 Å². The number of pyridine rings is 2.